The van der Waals surface area contributed by atoms with Crippen LogP contribution in [-0.4, -0.2) is 30.4 Å². The van der Waals surface area contributed by atoms with E-state index in [1.54, 1.807) is 37.3 Å². The third-order valence-electron chi connectivity index (χ3n) is 2.95. The van der Waals surface area contributed by atoms with Crippen LogP contribution in [0.25, 0.3) is 0 Å². The van der Waals surface area contributed by atoms with Crippen molar-refractivity contribution in [1.82, 2.24) is 5.43 Å². The molecule has 2 rings (SSSR count). The summed E-state index contributed by atoms with van der Waals surface area (Å²) in [5.74, 6) is 0.0590. The Morgan fingerprint density at radius 3 is 2.68 bits per heavy atom. The van der Waals surface area contributed by atoms with E-state index in [1.165, 1.54) is 12.3 Å². The minimum atomic E-state index is -0.453. The Balaban J connectivity index is 1.92. The second-order valence-electron chi connectivity index (χ2n) is 4.79. The van der Waals surface area contributed by atoms with Gasteiger partial charge in [-0.2, -0.15) is 5.10 Å². The van der Waals surface area contributed by atoms with Crippen molar-refractivity contribution < 1.29 is 19.4 Å². The predicted octanol–water partition coefficient (Wildman–Crippen LogP) is 3.63. The highest BCUT2D eigenvalue weighted by atomic mass is 35.5. The molecular weight excluding hydrogens is 367 g/mol. The lowest BCUT2D eigenvalue weighted by Gasteiger charge is -2.08. The van der Waals surface area contributed by atoms with Gasteiger partial charge in [-0.15, -0.1) is 0 Å². The predicted molar refractivity (Wildman–Crippen MR) is 97.0 cm³/mol. The van der Waals surface area contributed by atoms with E-state index in [0.717, 1.165) is 0 Å². The number of carbonyl (C=O) groups is 1. The molecular formula is C17H16Cl2N2O4. The summed E-state index contributed by atoms with van der Waals surface area (Å²) in [5.41, 5.74) is 2.88. The molecule has 0 heterocycles. The molecule has 0 aliphatic heterocycles. The highest BCUT2D eigenvalue weighted by Crippen LogP contribution is 2.34. The largest absolute Gasteiger partial charge is 0.503 e. The molecule has 25 heavy (non-hydrogen) atoms. The van der Waals surface area contributed by atoms with Gasteiger partial charge in [-0.25, -0.2) is 5.43 Å². The molecule has 0 saturated heterocycles. The Bertz CT molecular complexity index is 781. The van der Waals surface area contributed by atoms with Gasteiger partial charge >= 0.3 is 0 Å². The SMILES string of the molecule is CCOc1cc(/C=N/NC(=O)COc2ccccc2Cl)cc(Cl)c1O. The normalized spacial score (nSPS) is 10.7. The number of hydrogen-bond donors (Lipinski definition) is 2. The second kappa shape index (κ2) is 9.15. The standard InChI is InChI=1S/C17H16Cl2N2O4/c1-2-24-15-8-11(7-13(19)17(15)23)9-20-21-16(22)10-25-14-6-4-3-5-12(14)18/h3-9,23H,2,10H2,1H3,(H,21,22)/b20-9+. The van der Waals surface area contributed by atoms with Gasteiger partial charge in [0.2, 0.25) is 0 Å². The average molecular weight is 383 g/mol. The lowest BCUT2D eigenvalue weighted by molar-refractivity contribution is -0.123. The maximum Gasteiger partial charge on any atom is 0.277 e. The van der Waals surface area contributed by atoms with Gasteiger partial charge in [0.1, 0.15) is 5.75 Å². The molecule has 0 atom stereocenters. The molecule has 8 heteroatoms. The van der Waals surface area contributed by atoms with Crippen molar-refractivity contribution in [2.45, 2.75) is 6.92 Å². The van der Waals surface area contributed by atoms with Gasteiger partial charge < -0.3 is 14.6 Å². The number of aromatic hydroxyl groups is 1. The van der Waals surface area contributed by atoms with Crippen LogP contribution in [-0.2, 0) is 4.79 Å². The van der Waals surface area contributed by atoms with E-state index in [2.05, 4.69) is 10.5 Å². The molecule has 0 aliphatic rings. The monoisotopic (exact) mass is 382 g/mol. The van der Waals surface area contributed by atoms with Crippen LogP contribution in [0.5, 0.6) is 17.2 Å². The zero-order valence-electron chi connectivity index (χ0n) is 13.3. The average Bonchev–Trinajstić information content (AvgIpc) is 2.58. The maximum atomic E-state index is 11.7. The first-order chi connectivity index (χ1) is 12.0. The maximum absolute atomic E-state index is 11.7. The smallest absolute Gasteiger partial charge is 0.277 e. The zero-order valence-corrected chi connectivity index (χ0v) is 14.8. The number of phenols is 1. The number of rotatable bonds is 7. The molecule has 0 aliphatic carbocycles. The van der Waals surface area contributed by atoms with Gasteiger partial charge in [-0.1, -0.05) is 35.3 Å². The van der Waals surface area contributed by atoms with E-state index < -0.39 is 5.91 Å². The van der Waals surface area contributed by atoms with Gasteiger partial charge in [0, 0.05) is 0 Å². The van der Waals surface area contributed by atoms with Crippen molar-refractivity contribution >= 4 is 35.3 Å². The summed E-state index contributed by atoms with van der Waals surface area (Å²) in [6.45, 7) is 1.93. The van der Waals surface area contributed by atoms with Crippen LogP contribution < -0.4 is 14.9 Å². The van der Waals surface area contributed by atoms with Gasteiger partial charge in [0.05, 0.1) is 22.9 Å². The summed E-state index contributed by atoms with van der Waals surface area (Å²) in [5, 5.41) is 14.1. The van der Waals surface area contributed by atoms with Crippen molar-refractivity contribution in [3.05, 3.63) is 52.0 Å². The fraction of sp³-hybridized carbons (Fsp3) is 0.176. The van der Waals surface area contributed by atoms with E-state index in [9.17, 15) is 9.90 Å². The van der Waals surface area contributed by atoms with Crippen LogP contribution >= 0.6 is 23.2 Å². The number of halogens is 2. The summed E-state index contributed by atoms with van der Waals surface area (Å²) in [7, 11) is 0. The van der Waals surface area contributed by atoms with Crippen LogP contribution in [0.1, 0.15) is 12.5 Å². The first-order valence-corrected chi connectivity index (χ1v) is 8.11. The van der Waals surface area contributed by atoms with E-state index in [-0.39, 0.29) is 23.1 Å². The number of benzene rings is 2. The molecule has 2 aromatic carbocycles. The Kier molecular flexibility index (Phi) is 6.91. The molecule has 1 amide bonds. The molecule has 132 valence electrons. The number of phenolic OH excluding ortho intramolecular Hbond substituents is 1. The van der Waals surface area contributed by atoms with Crippen LogP contribution in [0.3, 0.4) is 0 Å². The number of hydrogen-bond acceptors (Lipinski definition) is 5. The Hall–Kier alpha value is -2.44. The number of ether oxygens (including phenoxy) is 2. The first-order valence-electron chi connectivity index (χ1n) is 7.35. The Morgan fingerprint density at radius 1 is 1.20 bits per heavy atom. The number of para-hydroxylation sites is 1. The molecule has 0 saturated carbocycles. The summed E-state index contributed by atoms with van der Waals surface area (Å²) in [6.07, 6.45) is 1.38. The van der Waals surface area contributed by atoms with E-state index in [4.69, 9.17) is 32.7 Å². The quantitative estimate of drug-likeness (QED) is 0.565. The van der Waals surface area contributed by atoms with Crippen molar-refractivity contribution in [1.29, 1.82) is 0 Å². The van der Waals surface area contributed by atoms with Crippen molar-refractivity contribution in [3.63, 3.8) is 0 Å². The number of nitrogens with one attached hydrogen (secondary N) is 1. The minimum absolute atomic E-state index is 0.126. The van der Waals surface area contributed by atoms with E-state index >= 15 is 0 Å². The van der Waals surface area contributed by atoms with Crippen LogP contribution in [0.2, 0.25) is 10.0 Å². The lowest BCUT2D eigenvalue weighted by Crippen LogP contribution is -2.24. The summed E-state index contributed by atoms with van der Waals surface area (Å²) in [4.78, 5) is 11.7. The van der Waals surface area contributed by atoms with Crippen LogP contribution in [0, 0.1) is 0 Å². The third-order valence-corrected chi connectivity index (χ3v) is 3.55. The van der Waals surface area contributed by atoms with Crippen molar-refractivity contribution in [2.24, 2.45) is 5.10 Å². The number of hydrazone groups is 1. The molecule has 0 bridgehead atoms. The molecule has 0 aromatic heterocycles. The second-order valence-corrected chi connectivity index (χ2v) is 5.61. The number of amides is 1. The molecule has 0 spiro atoms. The number of nitrogens with zero attached hydrogens (tertiary/aromatic N) is 1. The first kappa shape index (κ1) is 18.9. The molecule has 2 aromatic rings. The third kappa shape index (κ3) is 5.55. The highest BCUT2D eigenvalue weighted by Gasteiger charge is 2.09. The number of carbonyl (C=O) groups excluding carboxylic acids is 1. The van der Waals surface area contributed by atoms with Gasteiger partial charge in [0.25, 0.3) is 5.91 Å². The van der Waals surface area contributed by atoms with E-state index in [0.29, 0.717) is 22.9 Å². The van der Waals surface area contributed by atoms with Crippen LogP contribution in [0.15, 0.2) is 41.5 Å². The topological polar surface area (TPSA) is 80.2 Å². The Labute approximate surface area is 155 Å². The van der Waals surface area contributed by atoms with E-state index in [1.807, 2.05) is 0 Å². The lowest BCUT2D eigenvalue weighted by atomic mass is 10.2. The fourth-order valence-corrected chi connectivity index (χ4v) is 2.26. The summed E-state index contributed by atoms with van der Waals surface area (Å²) < 4.78 is 10.6. The molecule has 0 unspecified atom stereocenters. The fourth-order valence-electron chi connectivity index (χ4n) is 1.85. The molecule has 0 fully saturated rings. The van der Waals surface area contributed by atoms with Gasteiger partial charge in [0.15, 0.2) is 18.1 Å². The molecule has 0 radical (unpaired) electrons. The summed E-state index contributed by atoms with van der Waals surface area (Å²) >= 11 is 11.8. The molecule has 2 N–H and O–H groups in total. The van der Waals surface area contributed by atoms with Gasteiger partial charge in [-0.3, -0.25) is 4.79 Å². The molecule has 6 nitrogen and oxygen atoms in total. The zero-order chi connectivity index (χ0) is 18.2. The van der Waals surface area contributed by atoms with Crippen molar-refractivity contribution in [3.8, 4) is 17.2 Å². The highest BCUT2D eigenvalue weighted by molar-refractivity contribution is 6.32. The summed E-state index contributed by atoms with van der Waals surface area (Å²) in [6, 6.07) is 9.89. The van der Waals surface area contributed by atoms with Crippen molar-refractivity contribution in [2.75, 3.05) is 13.2 Å². The minimum Gasteiger partial charge on any atom is -0.503 e. The Morgan fingerprint density at radius 2 is 1.96 bits per heavy atom. The van der Waals surface area contributed by atoms with Crippen LogP contribution in [0.4, 0.5) is 0 Å². The van der Waals surface area contributed by atoms with Gasteiger partial charge in [-0.05, 0) is 36.8 Å².